The first-order chi connectivity index (χ1) is 15.0. The van der Waals surface area contributed by atoms with Gasteiger partial charge in [-0.05, 0) is 31.8 Å². The van der Waals surface area contributed by atoms with E-state index in [1.807, 2.05) is 0 Å². The van der Waals surface area contributed by atoms with Crippen LogP contribution in [0.2, 0.25) is 0 Å². The standard InChI is InChI=1S/C18H19N5O6S2/c24-8-19-18-20-10(7-31-18)12(22-29-9-3-1-2-4-9)14(25)21-13-15(26)23-11(17(27)28)5-6-30-16(13)23/h5,7-9,13,16H,1-4,6H2,(H,21,25)(H,27,28)(H,19,20,24)/b22-12+/t13?,16-/m1/s1. The second kappa shape index (κ2) is 9.06. The molecular formula is C18H19N5O6S2. The average Bonchev–Trinajstić information content (AvgIpc) is 3.44. The number of hydrogen-bond donors (Lipinski definition) is 3. The largest absolute Gasteiger partial charge is 0.477 e. The molecule has 0 aromatic carbocycles. The number of fused-ring (bicyclic) bond motifs is 1. The number of amides is 3. The number of thiazole rings is 1. The smallest absolute Gasteiger partial charge is 0.352 e. The lowest BCUT2D eigenvalue weighted by atomic mass is 10.0. The molecule has 2 fully saturated rings. The third-order valence-corrected chi connectivity index (χ3v) is 7.05. The number of nitrogens with zero attached hydrogens (tertiary/aromatic N) is 3. The minimum absolute atomic E-state index is 0.0817. The third-order valence-electron chi connectivity index (χ3n) is 5.09. The molecule has 1 unspecified atom stereocenters. The Morgan fingerprint density at radius 1 is 1.35 bits per heavy atom. The zero-order chi connectivity index (χ0) is 22.0. The minimum atomic E-state index is -1.19. The zero-order valence-corrected chi connectivity index (χ0v) is 17.8. The number of aliphatic carboxylic acids is 1. The van der Waals surface area contributed by atoms with Gasteiger partial charge < -0.3 is 20.6 Å². The summed E-state index contributed by atoms with van der Waals surface area (Å²) < 4.78 is 0. The lowest BCUT2D eigenvalue weighted by Gasteiger charge is -2.48. The Kier molecular flexibility index (Phi) is 6.23. The predicted molar refractivity (Wildman–Crippen MR) is 112 cm³/mol. The summed E-state index contributed by atoms with van der Waals surface area (Å²) in [4.78, 5) is 58.4. The van der Waals surface area contributed by atoms with Gasteiger partial charge in [-0.3, -0.25) is 19.3 Å². The fraction of sp³-hybridized carbons (Fsp3) is 0.444. The Balaban J connectivity index is 1.51. The molecule has 1 saturated carbocycles. The van der Waals surface area contributed by atoms with E-state index in [1.165, 1.54) is 22.7 Å². The molecule has 11 nitrogen and oxygen atoms in total. The minimum Gasteiger partial charge on any atom is -0.477 e. The Labute approximate surface area is 184 Å². The Bertz CT molecular complexity index is 970. The van der Waals surface area contributed by atoms with Crippen LogP contribution in [0.25, 0.3) is 0 Å². The molecule has 13 heteroatoms. The second-order valence-corrected chi connectivity index (χ2v) is 9.04. The number of carbonyl (C=O) groups is 4. The number of aromatic nitrogens is 1. The fourth-order valence-corrected chi connectivity index (χ4v) is 5.42. The van der Waals surface area contributed by atoms with Gasteiger partial charge in [-0.25, -0.2) is 9.78 Å². The maximum atomic E-state index is 13.0. The van der Waals surface area contributed by atoms with E-state index >= 15 is 0 Å². The van der Waals surface area contributed by atoms with Gasteiger partial charge in [-0.15, -0.1) is 23.1 Å². The van der Waals surface area contributed by atoms with Crippen molar-refractivity contribution in [1.29, 1.82) is 0 Å². The Morgan fingerprint density at radius 3 is 2.84 bits per heavy atom. The van der Waals surface area contributed by atoms with Crippen molar-refractivity contribution in [2.45, 2.75) is 43.2 Å². The highest BCUT2D eigenvalue weighted by Crippen LogP contribution is 2.37. The van der Waals surface area contributed by atoms with Crippen molar-refractivity contribution >= 4 is 58.1 Å². The highest BCUT2D eigenvalue weighted by molar-refractivity contribution is 8.00. The molecule has 1 saturated heterocycles. The summed E-state index contributed by atoms with van der Waals surface area (Å²) in [6.07, 6.45) is 5.58. The molecule has 3 heterocycles. The van der Waals surface area contributed by atoms with Gasteiger partial charge in [-0.1, -0.05) is 5.16 Å². The molecule has 3 amide bonds. The molecule has 3 aliphatic rings. The van der Waals surface area contributed by atoms with Crippen LogP contribution in [0.1, 0.15) is 31.4 Å². The molecule has 0 bridgehead atoms. The van der Waals surface area contributed by atoms with E-state index in [-0.39, 0.29) is 28.3 Å². The van der Waals surface area contributed by atoms with Crippen LogP contribution in [0.4, 0.5) is 5.13 Å². The van der Waals surface area contributed by atoms with Gasteiger partial charge in [0, 0.05) is 11.1 Å². The SMILES string of the molecule is O=CNc1nc(/C(=N\OC2CCCC2)C(=O)NC2C(=O)N3C(C(=O)O)=CCS[C@H]23)cs1. The van der Waals surface area contributed by atoms with Crippen LogP contribution in [-0.2, 0) is 24.0 Å². The summed E-state index contributed by atoms with van der Waals surface area (Å²) in [6, 6.07) is -0.886. The number of thioether (sulfide) groups is 1. The van der Waals surface area contributed by atoms with E-state index in [4.69, 9.17) is 4.84 Å². The number of rotatable bonds is 8. The van der Waals surface area contributed by atoms with Gasteiger partial charge in [0.25, 0.3) is 11.8 Å². The first-order valence-electron chi connectivity index (χ1n) is 9.58. The van der Waals surface area contributed by atoms with Crippen LogP contribution in [0, 0.1) is 0 Å². The van der Waals surface area contributed by atoms with Crippen molar-refractivity contribution < 1.29 is 29.1 Å². The molecule has 1 aromatic rings. The average molecular weight is 466 g/mol. The highest BCUT2D eigenvalue weighted by atomic mass is 32.2. The quantitative estimate of drug-likeness (QED) is 0.220. The van der Waals surface area contributed by atoms with Crippen molar-refractivity contribution in [2.75, 3.05) is 11.1 Å². The van der Waals surface area contributed by atoms with E-state index < -0.39 is 29.2 Å². The molecule has 1 aliphatic carbocycles. The van der Waals surface area contributed by atoms with Crippen LogP contribution in [0.3, 0.4) is 0 Å². The van der Waals surface area contributed by atoms with Crippen LogP contribution >= 0.6 is 23.1 Å². The molecule has 0 spiro atoms. The molecule has 164 valence electrons. The van der Waals surface area contributed by atoms with E-state index in [0.717, 1.165) is 37.0 Å². The number of carbonyl (C=O) groups excluding carboxylic acids is 3. The normalized spacial score (nSPS) is 23.5. The van der Waals surface area contributed by atoms with Crippen molar-refractivity contribution in [3.05, 3.63) is 22.8 Å². The van der Waals surface area contributed by atoms with Gasteiger partial charge in [0.2, 0.25) is 6.41 Å². The van der Waals surface area contributed by atoms with Crippen LogP contribution in [0.15, 0.2) is 22.3 Å². The number of hydrogen-bond acceptors (Lipinski definition) is 9. The summed E-state index contributed by atoms with van der Waals surface area (Å²) in [5.74, 6) is -1.93. The van der Waals surface area contributed by atoms with Gasteiger partial charge >= 0.3 is 5.97 Å². The third kappa shape index (κ3) is 4.28. The van der Waals surface area contributed by atoms with E-state index in [0.29, 0.717) is 12.2 Å². The summed E-state index contributed by atoms with van der Waals surface area (Å²) in [7, 11) is 0. The second-order valence-electron chi connectivity index (χ2n) is 7.03. The number of anilines is 1. The molecule has 1 aromatic heterocycles. The van der Waals surface area contributed by atoms with Gasteiger partial charge in [0.1, 0.15) is 28.9 Å². The van der Waals surface area contributed by atoms with Crippen molar-refractivity contribution in [1.82, 2.24) is 15.2 Å². The van der Waals surface area contributed by atoms with E-state index in [9.17, 15) is 24.3 Å². The van der Waals surface area contributed by atoms with Crippen molar-refractivity contribution in [2.24, 2.45) is 5.16 Å². The number of carboxylic acids is 1. The first kappa shape index (κ1) is 21.3. The summed E-state index contributed by atoms with van der Waals surface area (Å²) in [5, 5.41) is 19.7. The fourth-order valence-electron chi connectivity index (χ4n) is 3.57. The molecular weight excluding hydrogens is 446 g/mol. The van der Waals surface area contributed by atoms with E-state index in [1.54, 1.807) is 5.38 Å². The molecule has 0 radical (unpaired) electrons. The van der Waals surface area contributed by atoms with Crippen molar-refractivity contribution in [3.8, 4) is 0 Å². The van der Waals surface area contributed by atoms with E-state index in [2.05, 4.69) is 20.8 Å². The lowest BCUT2D eigenvalue weighted by Crippen LogP contribution is -2.70. The lowest BCUT2D eigenvalue weighted by molar-refractivity contribution is -0.150. The summed E-state index contributed by atoms with van der Waals surface area (Å²) >= 11 is 2.47. The first-order valence-corrected chi connectivity index (χ1v) is 11.5. The Morgan fingerprint density at radius 2 is 2.13 bits per heavy atom. The zero-order valence-electron chi connectivity index (χ0n) is 16.1. The number of carboxylic acid groups (broad SMARTS) is 1. The van der Waals surface area contributed by atoms with Gasteiger partial charge in [0.15, 0.2) is 10.8 Å². The van der Waals surface area contributed by atoms with Crippen LogP contribution in [-0.4, -0.2) is 68.2 Å². The van der Waals surface area contributed by atoms with Crippen LogP contribution in [0.5, 0.6) is 0 Å². The monoisotopic (exact) mass is 465 g/mol. The molecule has 4 rings (SSSR count). The maximum absolute atomic E-state index is 13.0. The molecule has 2 atom stereocenters. The molecule has 31 heavy (non-hydrogen) atoms. The molecule has 2 aliphatic heterocycles. The molecule has 3 N–H and O–H groups in total. The maximum Gasteiger partial charge on any atom is 0.352 e. The predicted octanol–water partition coefficient (Wildman–Crippen LogP) is 0.743. The number of nitrogens with one attached hydrogen (secondary N) is 2. The number of oxime groups is 1. The highest BCUT2D eigenvalue weighted by Gasteiger charge is 2.53. The Hall–Kier alpha value is -2.93. The topological polar surface area (TPSA) is 150 Å². The summed E-state index contributed by atoms with van der Waals surface area (Å²) in [5.41, 5.74) is 0.0147. The van der Waals surface area contributed by atoms with Crippen LogP contribution < -0.4 is 10.6 Å². The summed E-state index contributed by atoms with van der Waals surface area (Å²) in [6.45, 7) is 0. The number of β-lactam (4-membered cyclic amide) rings is 1. The van der Waals surface area contributed by atoms with Gasteiger partial charge in [-0.2, -0.15) is 0 Å². The van der Waals surface area contributed by atoms with Gasteiger partial charge in [0.05, 0.1) is 0 Å². The van der Waals surface area contributed by atoms with Crippen molar-refractivity contribution in [3.63, 3.8) is 0 Å².